The van der Waals surface area contributed by atoms with Gasteiger partial charge in [0.2, 0.25) is 0 Å². The van der Waals surface area contributed by atoms with Crippen LogP contribution in [0.2, 0.25) is 0 Å². The van der Waals surface area contributed by atoms with Gasteiger partial charge in [-0.1, -0.05) is 6.07 Å². The van der Waals surface area contributed by atoms with Crippen molar-refractivity contribution in [1.29, 1.82) is 0 Å². The number of methoxy groups -OCH3 is 2. The van der Waals surface area contributed by atoms with Gasteiger partial charge in [-0.3, -0.25) is 4.99 Å². The SMILES string of the molecule is CN=C(NCCCOC)NCc1ccc(F)c(COC)c1.I. The van der Waals surface area contributed by atoms with Crippen LogP contribution < -0.4 is 10.6 Å². The minimum Gasteiger partial charge on any atom is -0.385 e. The summed E-state index contributed by atoms with van der Waals surface area (Å²) in [5.74, 6) is 0.464. The Morgan fingerprint density at radius 2 is 2.00 bits per heavy atom. The van der Waals surface area contributed by atoms with Crippen molar-refractivity contribution in [2.75, 3.05) is 34.4 Å². The molecule has 1 aromatic rings. The van der Waals surface area contributed by atoms with Crippen LogP contribution in [0.3, 0.4) is 0 Å². The fourth-order valence-corrected chi connectivity index (χ4v) is 1.83. The summed E-state index contributed by atoms with van der Waals surface area (Å²) in [7, 11) is 4.95. The number of benzene rings is 1. The van der Waals surface area contributed by atoms with Crippen LogP contribution in [0.15, 0.2) is 23.2 Å². The van der Waals surface area contributed by atoms with E-state index in [1.165, 1.54) is 6.07 Å². The molecule has 22 heavy (non-hydrogen) atoms. The third kappa shape index (κ3) is 7.90. The van der Waals surface area contributed by atoms with Crippen LogP contribution in [0.5, 0.6) is 0 Å². The molecule has 1 aromatic carbocycles. The van der Waals surface area contributed by atoms with Gasteiger partial charge in [-0.2, -0.15) is 0 Å². The molecule has 0 aliphatic heterocycles. The van der Waals surface area contributed by atoms with Crippen LogP contribution in [-0.2, 0) is 22.6 Å². The Balaban J connectivity index is 0.00000441. The first kappa shape index (κ1) is 21.1. The van der Waals surface area contributed by atoms with E-state index in [0.29, 0.717) is 24.7 Å². The zero-order chi connectivity index (χ0) is 15.5. The van der Waals surface area contributed by atoms with Gasteiger partial charge in [-0.15, -0.1) is 24.0 Å². The van der Waals surface area contributed by atoms with Gasteiger partial charge in [0.1, 0.15) is 5.82 Å². The van der Waals surface area contributed by atoms with Gasteiger partial charge >= 0.3 is 0 Å². The molecule has 0 saturated carbocycles. The van der Waals surface area contributed by atoms with Crippen molar-refractivity contribution in [3.8, 4) is 0 Å². The lowest BCUT2D eigenvalue weighted by Crippen LogP contribution is -2.37. The molecule has 2 N–H and O–H groups in total. The predicted molar refractivity (Wildman–Crippen MR) is 97.2 cm³/mol. The molecular formula is C15H25FIN3O2. The molecule has 0 spiro atoms. The summed E-state index contributed by atoms with van der Waals surface area (Å²) in [4.78, 5) is 4.13. The molecule has 0 aliphatic rings. The molecule has 0 fully saturated rings. The van der Waals surface area contributed by atoms with Crippen LogP contribution in [0, 0.1) is 5.82 Å². The Hall–Kier alpha value is -0.930. The lowest BCUT2D eigenvalue weighted by atomic mass is 10.1. The number of nitrogens with one attached hydrogen (secondary N) is 2. The average Bonchev–Trinajstić information content (AvgIpc) is 2.50. The normalized spacial score (nSPS) is 11.0. The highest BCUT2D eigenvalue weighted by Crippen LogP contribution is 2.11. The maximum Gasteiger partial charge on any atom is 0.191 e. The number of aliphatic imine (C=N–C) groups is 1. The molecule has 0 saturated heterocycles. The smallest absolute Gasteiger partial charge is 0.191 e. The van der Waals surface area contributed by atoms with Crippen LogP contribution in [-0.4, -0.2) is 40.4 Å². The van der Waals surface area contributed by atoms with Crippen molar-refractivity contribution in [3.63, 3.8) is 0 Å². The molecule has 0 aromatic heterocycles. The van der Waals surface area contributed by atoms with Crippen molar-refractivity contribution in [3.05, 3.63) is 35.1 Å². The first-order chi connectivity index (χ1) is 10.2. The molecule has 126 valence electrons. The fourth-order valence-electron chi connectivity index (χ4n) is 1.83. The quantitative estimate of drug-likeness (QED) is 0.291. The van der Waals surface area contributed by atoms with Crippen molar-refractivity contribution in [2.24, 2.45) is 4.99 Å². The second kappa shape index (κ2) is 12.6. The number of hydrogen-bond acceptors (Lipinski definition) is 3. The van der Waals surface area contributed by atoms with Crippen LogP contribution in [0.1, 0.15) is 17.5 Å². The van der Waals surface area contributed by atoms with E-state index >= 15 is 0 Å². The molecule has 0 radical (unpaired) electrons. The molecular weight excluding hydrogens is 400 g/mol. The molecule has 0 atom stereocenters. The summed E-state index contributed by atoms with van der Waals surface area (Å²) in [6, 6.07) is 5.00. The third-order valence-corrected chi connectivity index (χ3v) is 2.91. The van der Waals surface area contributed by atoms with E-state index in [9.17, 15) is 4.39 Å². The topological polar surface area (TPSA) is 54.9 Å². The van der Waals surface area contributed by atoms with Gasteiger partial charge in [0.25, 0.3) is 0 Å². The number of hydrogen-bond donors (Lipinski definition) is 2. The van der Waals surface area contributed by atoms with E-state index in [2.05, 4.69) is 15.6 Å². The summed E-state index contributed by atoms with van der Waals surface area (Å²) in [5.41, 5.74) is 1.53. The van der Waals surface area contributed by atoms with Crippen LogP contribution in [0.25, 0.3) is 0 Å². The maximum absolute atomic E-state index is 13.5. The van der Waals surface area contributed by atoms with Crippen molar-refractivity contribution < 1.29 is 13.9 Å². The van der Waals surface area contributed by atoms with Gasteiger partial charge in [0, 0.05) is 46.5 Å². The van der Waals surface area contributed by atoms with Gasteiger partial charge in [-0.05, 0) is 24.1 Å². The van der Waals surface area contributed by atoms with Gasteiger partial charge < -0.3 is 20.1 Å². The molecule has 0 unspecified atom stereocenters. The minimum absolute atomic E-state index is 0. The molecule has 0 aliphatic carbocycles. The van der Waals surface area contributed by atoms with Crippen LogP contribution >= 0.6 is 24.0 Å². The Kier molecular flexibility index (Phi) is 12.1. The molecule has 0 amide bonds. The number of nitrogens with zero attached hydrogens (tertiary/aromatic N) is 1. The van der Waals surface area contributed by atoms with Crippen molar-refractivity contribution in [2.45, 2.75) is 19.6 Å². The summed E-state index contributed by atoms with van der Waals surface area (Å²) in [6.07, 6.45) is 0.908. The monoisotopic (exact) mass is 425 g/mol. The number of rotatable bonds is 8. The van der Waals surface area contributed by atoms with Crippen molar-refractivity contribution in [1.82, 2.24) is 10.6 Å². The molecule has 0 bridgehead atoms. The number of ether oxygens (including phenoxy) is 2. The first-order valence-electron chi connectivity index (χ1n) is 6.91. The highest BCUT2D eigenvalue weighted by Gasteiger charge is 2.04. The van der Waals surface area contributed by atoms with Gasteiger partial charge in [0.15, 0.2) is 5.96 Å². The molecule has 0 heterocycles. The van der Waals surface area contributed by atoms with Gasteiger partial charge in [-0.25, -0.2) is 4.39 Å². The maximum atomic E-state index is 13.5. The molecule has 7 heteroatoms. The Labute approximate surface area is 148 Å². The Morgan fingerprint density at radius 3 is 2.64 bits per heavy atom. The summed E-state index contributed by atoms with van der Waals surface area (Å²) < 4.78 is 23.5. The highest BCUT2D eigenvalue weighted by atomic mass is 127. The average molecular weight is 425 g/mol. The fraction of sp³-hybridized carbons (Fsp3) is 0.533. The summed E-state index contributed by atoms with van der Waals surface area (Å²) >= 11 is 0. The highest BCUT2D eigenvalue weighted by molar-refractivity contribution is 14.0. The van der Waals surface area contributed by atoms with E-state index in [4.69, 9.17) is 9.47 Å². The third-order valence-electron chi connectivity index (χ3n) is 2.91. The summed E-state index contributed by atoms with van der Waals surface area (Å²) in [6.45, 7) is 2.33. The lowest BCUT2D eigenvalue weighted by Gasteiger charge is -2.12. The summed E-state index contributed by atoms with van der Waals surface area (Å²) in [5, 5.41) is 6.37. The predicted octanol–water partition coefficient (Wildman–Crippen LogP) is 2.29. The number of halogens is 2. The zero-order valence-corrected chi connectivity index (χ0v) is 15.6. The second-order valence-corrected chi connectivity index (χ2v) is 4.56. The first-order valence-corrected chi connectivity index (χ1v) is 6.91. The Morgan fingerprint density at radius 1 is 1.23 bits per heavy atom. The van der Waals surface area contributed by atoms with E-state index in [1.807, 2.05) is 0 Å². The van der Waals surface area contributed by atoms with Gasteiger partial charge in [0.05, 0.1) is 6.61 Å². The molecule has 1 rings (SSSR count). The van der Waals surface area contributed by atoms with E-state index < -0.39 is 0 Å². The number of guanidine groups is 1. The van der Waals surface area contributed by atoms with Crippen molar-refractivity contribution >= 4 is 29.9 Å². The van der Waals surface area contributed by atoms with E-state index in [1.54, 1.807) is 33.4 Å². The van der Waals surface area contributed by atoms with E-state index in [-0.39, 0.29) is 36.4 Å². The van der Waals surface area contributed by atoms with E-state index in [0.717, 1.165) is 18.5 Å². The zero-order valence-electron chi connectivity index (χ0n) is 13.3. The minimum atomic E-state index is -0.248. The van der Waals surface area contributed by atoms with Crippen LogP contribution in [0.4, 0.5) is 4.39 Å². The standard InChI is InChI=1S/C15H24FN3O2.HI/c1-17-15(18-7-4-8-20-2)19-10-12-5-6-14(16)13(9-12)11-21-3;/h5-6,9H,4,7-8,10-11H2,1-3H3,(H2,17,18,19);1H. The Bertz CT molecular complexity index is 458. The molecule has 5 nitrogen and oxygen atoms in total. The lowest BCUT2D eigenvalue weighted by molar-refractivity contribution is 0.181. The second-order valence-electron chi connectivity index (χ2n) is 4.56. The largest absolute Gasteiger partial charge is 0.385 e.